The van der Waals surface area contributed by atoms with Crippen molar-refractivity contribution in [3.63, 3.8) is 0 Å². The molecule has 14 nitrogen and oxygen atoms in total. The normalized spacial score (nSPS) is 18.8. The first kappa shape index (κ1) is 30.7. The van der Waals surface area contributed by atoms with E-state index in [0.717, 1.165) is 5.56 Å². The standard InChI is InChI=1S/C25H36N7O7S/c1-4-39-24(34)20-14-16(2)10-12-31(20)23(33)19(8-6-11-27-25(26)29-32(35)36)30-40(37,38)21-9-5-7-18-13-17(3)15-28-22(18)21/h5,7,9,13,15-16,19-20,30H,4,6,8,10-12,14H2,1-3H3,(H,35,36)(H3,26,27,29)/q+1/t16-,19+,20-/m1/s1. The second-order valence-corrected chi connectivity index (χ2v) is 11.4. The number of para-hydroxylation sites is 1. The molecule has 2 heterocycles. The first-order chi connectivity index (χ1) is 18.9. The number of nitrogens with zero attached hydrogens (tertiary/aromatic N) is 4. The van der Waals surface area contributed by atoms with E-state index >= 15 is 0 Å². The summed E-state index contributed by atoms with van der Waals surface area (Å²) >= 11 is 0. The van der Waals surface area contributed by atoms with Crippen molar-refractivity contribution in [2.45, 2.75) is 63.4 Å². The summed E-state index contributed by atoms with van der Waals surface area (Å²) < 4.78 is 35.0. The molecule has 40 heavy (non-hydrogen) atoms. The van der Waals surface area contributed by atoms with E-state index in [1.54, 1.807) is 25.3 Å². The van der Waals surface area contributed by atoms with Gasteiger partial charge in [-0.3, -0.25) is 9.78 Å². The second-order valence-electron chi connectivity index (χ2n) is 9.74. The minimum atomic E-state index is -4.24. The number of sulfonamides is 1. The SMILES string of the molecule is CCOC(=O)[C@H]1C[C@H](C)CCN1C(=O)[C@H](CCCN=C(N)N[N+](=O)O)NS(=O)(=O)c1cccc2cc(C)cnc12. The topological polar surface area (TPSA) is 196 Å². The second kappa shape index (κ2) is 13.5. The average molecular weight is 579 g/mol. The Morgan fingerprint density at radius 1 is 1.38 bits per heavy atom. The Kier molecular flexibility index (Phi) is 10.3. The van der Waals surface area contributed by atoms with Gasteiger partial charge in [0, 0.05) is 24.7 Å². The number of rotatable bonds is 11. The van der Waals surface area contributed by atoms with Gasteiger partial charge in [-0.15, -0.1) is 0 Å². The molecule has 0 radical (unpaired) electrons. The van der Waals surface area contributed by atoms with Crippen molar-refractivity contribution in [2.75, 3.05) is 19.7 Å². The highest BCUT2D eigenvalue weighted by molar-refractivity contribution is 7.89. The number of ether oxygens (including phenoxy) is 1. The Morgan fingerprint density at radius 3 is 2.83 bits per heavy atom. The van der Waals surface area contributed by atoms with E-state index in [1.807, 2.05) is 25.3 Å². The van der Waals surface area contributed by atoms with Crippen LogP contribution in [0.5, 0.6) is 0 Å². The van der Waals surface area contributed by atoms with Crippen molar-refractivity contribution in [1.29, 1.82) is 0 Å². The van der Waals surface area contributed by atoms with E-state index in [0.29, 0.717) is 18.2 Å². The number of nitrogens with one attached hydrogen (secondary N) is 2. The minimum absolute atomic E-state index is 0.00790. The zero-order valence-electron chi connectivity index (χ0n) is 22.7. The molecule has 0 spiro atoms. The van der Waals surface area contributed by atoms with Gasteiger partial charge in [-0.25, -0.2) is 23.4 Å². The number of aromatic nitrogens is 1. The van der Waals surface area contributed by atoms with Crippen molar-refractivity contribution in [1.82, 2.24) is 20.0 Å². The van der Waals surface area contributed by atoms with Crippen LogP contribution >= 0.6 is 0 Å². The summed E-state index contributed by atoms with van der Waals surface area (Å²) in [5.74, 6) is -1.28. The van der Waals surface area contributed by atoms with Crippen LogP contribution in [0.2, 0.25) is 0 Å². The fourth-order valence-corrected chi connectivity index (χ4v) is 6.04. The van der Waals surface area contributed by atoms with Crippen LogP contribution in [0.15, 0.2) is 40.4 Å². The molecule has 1 aliphatic rings. The number of hydrogen-bond acceptors (Lipinski definition) is 8. The van der Waals surface area contributed by atoms with E-state index < -0.39 is 39.0 Å². The van der Waals surface area contributed by atoms with E-state index in [4.69, 9.17) is 15.7 Å². The first-order valence-corrected chi connectivity index (χ1v) is 14.5. The monoisotopic (exact) mass is 578 g/mol. The largest absolute Gasteiger partial charge is 0.464 e. The Balaban J connectivity index is 1.91. The zero-order valence-corrected chi connectivity index (χ0v) is 23.6. The van der Waals surface area contributed by atoms with Gasteiger partial charge in [-0.05, 0) is 68.6 Å². The molecule has 0 bridgehead atoms. The van der Waals surface area contributed by atoms with Crippen LogP contribution < -0.4 is 15.9 Å². The smallest absolute Gasteiger partial charge is 0.362 e. The molecule has 1 aliphatic heterocycles. The van der Waals surface area contributed by atoms with Crippen molar-refractivity contribution in [2.24, 2.45) is 16.6 Å². The third kappa shape index (κ3) is 7.85. The average Bonchev–Trinajstić information content (AvgIpc) is 2.89. The van der Waals surface area contributed by atoms with Crippen LogP contribution in [-0.2, 0) is 24.3 Å². The van der Waals surface area contributed by atoms with Gasteiger partial charge in [0.05, 0.1) is 12.1 Å². The first-order valence-electron chi connectivity index (χ1n) is 13.0. The van der Waals surface area contributed by atoms with Gasteiger partial charge in [0.1, 0.15) is 21.9 Å². The van der Waals surface area contributed by atoms with Gasteiger partial charge in [-0.1, -0.05) is 19.1 Å². The summed E-state index contributed by atoms with van der Waals surface area (Å²) in [6, 6.07) is 4.50. The molecular weight excluding hydrogens is 542 g/mol. The Labute approximate surface area is 232 Å². The van der Waals surface area contributed by atoms with Crippen molar-refractivity contribution < 1.29 is 33.0 Å². The zero-order chi connectivity index (χ0) is 29.4. The molecule has 3 atom stereocenters. The van der Waals surface area contributed by atoms with Crippen LogP contribution in [0.1, 0.15) is 45.1 Å². The third-order valence-electron chi connectivity index (χ3n) is 6.55. The summed E-state index contributed by atoms with van der Waals surface area (Å²) in [6.07, 6.45) is 2.80. The van der Waals surface area contributed by atoms with Gasteiger partial charge in [0.25, 0.3) is 5.96 Å². The number of carbonyl (C=O) groups is 2. The quantitative estimate of drug-likeness (QED) is 0.0987. The lowest BCUT2D eigenvalue weighted by Crippen LogP contribution is -2.56. The number of fused-ring (bicyclic) bond motifs is 1. The molecule has 1 saturated heterocycles. The van der Waals surface area contributed by atoms with Crippen LogP contribution in [0.3, 0.4) is 0 Å². The lowest BCUT2D eigenvalue weighted by Gasteiger charge is -2.38. The minimum Gasteiger partial charge on any atom is -0.464 e. The molecule has 15 heteroatoms. The summed E-state index contributed by atoms with van der Waals surface area (Å²) in [5, 5.41) is 8.70. The molecule has 5 N–H and O–H groups in total. The van der Waals surface area contributed by atoms with E-state index in [-0.39, 0.29) is 54.8 Å². The van der Waals surface area contributed by atoms with Gasteiger partial charge >= 0.3 is 11.0 Å². The van der Waals surface area contributed by atoms with Crippen LogP contribution in [-0.4, -0.2) is 78.2 Å². The summed E-state index contributed by atoms with van der Waals surface area (Å²) in [6.45, 7) is 5.94. The predicted molar refractivity (Wildman–Crippen MR) is 145 cm³/mol. The molecule has 1 fully saturated rings. The molecule has 0 aliphatic carbocycles. The molecule has 0 saturated carbocycles. The van der Waals surface area contributed by atoms with Gasteiger partial charge < -0.3 is 15.4 Å². The fourth-order valence-electron chi connectivity index (χ4n) is 4.64. The van der Waals surface area contributed by atoms with E-state index in [2.05, 4.69) is 14.7 Å². The highest BCUT2D eigenvalue weighted by Crippen LogP contribution is 2.26. The maximum Gasteiger partial charge on any atom is 0.362 e. The molecule has 1 amide bonds. The highest BCUT2D eigenvalue weighted by atomic mass is 32.2. The fraction of sp³-hybridized carbons (Fsp3) is 0.520. The van der Waals surface area contributed by atoms with Crippen LogP contribution in [0.25, 0.3) is 10.9 Å². The van der Waals surface area contributed by atoms with Crippen LogP contribution in [0.4, 0.5) is 0 Å². The number of likely N-dealkylation sites (tertiary alicyclic amines) is 1. The third-order valence-corrected chi connectivity index (χ3v) is 8.05. The molecular formula is C25H36N7O7S+. The molecule has 2 aromatic rings. The van der Waals surface area contributed by atoms with Crippen molar-refractivity contribution >= 4 is 38.8 Å². The maximum absolute atomic E-state index is 13.8. The number of carbonyl (C=O) groups excluding carboxylic acids is 2. The summed E-state index contributed by atoms with van der Waals surface area (Å²) in [4.78, 5) is 46.7. The number of piperidine rings is 1. The number of hydrogen-bond donors (Lipinski definition) is 4. The van der Waals surface area contributed by atoms with Crippen LogP contribution in [0, 0.1) is 17.7 Å². The van der Waals surface area contributed by atoms with Crippen molar-refractivity contribution in [3.8, 4) is 0 Å². The summed E-state index contributed by atoms with van der Waals surface area (Å²) in [7, 11) is -4.24. The maximum atomic E-state index is 13.8. The molecule has 1 aromatic heterocycles. The number of guanidine groups is 1. The van der Waals surface area contributed by atoms with Crippen molar-refractivity contribution in [3.05, 3.63) is 40.9 Å². The summed E-state index contributed by atoms with van der Waals surface area (Å²) in [5.41, 5.74) is 8.46. The van der Waals surface area contributed by atoms with Gasteiger partial charge in [-0.2, -0.15) is 4.72 Å². The Morgan fingerprint density at radius 2 is 2.12 bits per heavy atom. The number of amides is 1. The van der Waals surface area contributed by atoms with E-state index in [9.17, 15) is 22.9 Å². The lowest BCUT2D eigenvalue weighted by atomic mass is 9.91. The van der Waals surface area contributed by atoms with Gasteiger partial charge in [0.2, 0.25) is 15.9 Å². The number of aryl methyl sites for hydroxylation is 1. The number of esters is 1. The number of benzene rings is 1. The molecule has 3 rings (SSSR count). The number of pyridine rings is 1. The van der Waals surface area contributed by atoms with Gasteiger partial charge in [0.15, 0.2) is 0 Å². The lowest BCUT2D eigenvalue weighted by molar-refractivity contribution is -0.822. The number of aliphatic imine (C=N–C) groups is 1. The number of hydrazine groups is 1. The highest BCUT2D eigenvalue weighted by Gasteiger charge is 2.39. The number of nitrogens with two attached hydrogens (primary N) is 1. The Bertz CT molecular complexity index is 1380. The predicted octanol–water partition coefficient (Wildman–Crippen LogP) is 1.15. The molecule has 0 unspecified atom stereocenters. The Hall–Kier alpha value is -3.85. The molecule has 218 valence electrons. The molecule has 1 aromatic carbocycles. The van der Waals surface area contributed by atoms with E-state index in [1.165, 1.54) is 11.0 Å².